The minimum absolute atomic E-state index is 0.168. The van der Waals surface area contributed by atoms with Gasteiger partial charge in [0.1, 0.15) is 6.61 Å². The Morgan fingerprint density at radius 3 is 2.79 bits per heavy atom. The predicted molar refractivity (Wildman–Crippen MR) is 109 cm³/mol. The molecular weight excluding hydrogens is 377 g/mol. The summed E-state index contributed by atoms with van der Waals surface area (Å²) in [6.45, 7) is 8.33. The van der Waals surface area contributed by atoms with Crippen molar-refractivity contribution in [2.75, 3.05) is 19.7 Å². The standard InChI is InChI=1S/C21H28FN3O2S/c1-15-4-5-16(12-24-15)20(2,3)25-11-10-21(13-25,14-27-19(23)26)9-8-17-6-7-18(22)28-17/h4-7,12H,8-11,13-14H2,1-3H3,(H2,23,26). The number of carbonyl (C=O) groups is 1. The summed E-state index contributed by atoms with van der Waals surface area (Å²) in [6, 6.07) is 7.48. The van der Waals surface area contributed by atoms with Crippen LogP contribution in [0, 0.1) is 17.5 Å². The van der Waals surface area contributed by atoms with Gasteiger partial charge in [0.2, 0.25) is 0 Å². The van der Waals surface area contributed by atoms with Crippen LogP contribution in [0.25, 0.3) is 0 Å². The second kappa shape index (κ2) is 8.17. The van der Waals surface area contributed by atoms with Crippen LogP contribution in [0.2, 0.25) is 0 Å². The van der Waals surface area contributed by atoms with Gasteiger partial charge in [0, 0.05) is 34.3 Å². The number of halogens is 1. The Bertz CT molecular complexity index is 821. The zero-order valence-electron chi connectivity index (χ0n) is 16.7. The van der Waals surface area contributed by atoms with Gasteiger partial charge in [0.15, 0.2) is 5.13 Å². The van der Waals surface area contributed by atoms with Crippen LogP contribution in [0.1, 0.15) is 42.8 Å². The molecule has 0 saturated carbocycles. The molecule has 0 spiro atoms. The van der Waals surface area contributed by atoms with Crippen LogP contribution < -0.4 is 5.73 Å². The molecule has 1 atom stereocenters. The fourth-order valence-corrected chi connectivity index (χ4v) is 4.64. The van der Waals surface area contributed by atoms with Gasteiger partial charge in [-0.25, -0.2) is 4.79 Å². The summed E-state index contributed by atoms with van der Waals surface area (Å²) in [5.74, 6) is 0. The predicted octanol–water partition coefficient (Wildman–Crippen LogP) is 4.25. The van der Waals surface area contributed by atoms with Gasteiger partial charge < -0.3 is 10.5 Å². The molecule has 2 N–H and O–H groups in total. The minimum Gasteiger partial charge on any atom is -0.449 e. The first-order valence-corrected chi connectivity index (χ1v) is 10.4. The second-order valence-corrected chi connectivity index (χ2v) is 9.35. The molecule has 3 heterocycles. The van der Waals surface area contributed by atoms with Gasteiger partial charge in [0.05, 0.1) is 0 Å². The molecular formula is C21H28FN3O2S. The van der Waals surface area contributed by atoms with Crippen LogP contribution >= 0.6 is 11.3 Å². The van der Waals surface area contributed by atoms with Crippen LogP contribution in [-0.4, -0.2) is 35.7 Å². The smallest absolute Gasteiger partial charge is 0.404 e. The monoisotopic (exact) mass is 405 g/mol. The van der Waals surface area contributed by atoms with E-state index < -0.39 is 6.09 Å². The molecule has 2 aromatic heterocycles. The van der Waals surface area contributed by atoms with Gasteiger partial charge in [-0.15, -0.1) is 11.3 Å². The maximum atomic E-state index is 13.3. The lowest BCUT2D eigenvalue weighted by atomic mass is 9.82. The zero-order valence-corrected chi connectivity index (χ0v) is 17.5. The third kappa shape index (κ3) is 4.70. The number of amides is 1. The Hall–Kier alpha value is -1.99. The van der Waals surface area contributed by atoms with Crippen molar-refractivity contribution in [2.45, 2.75) is 45.6 Å². The second-order valence-electron chi connectivity index (χ2n) is 8.23. The number of rotatable bonds is 7. The number of hydrogen-bond donors (Lipinski definition) is 1. The summed E-state index contributed by atoms with van der Waals surface area (Å²) >= 11 is 1.18. The average molecular weight is 406 g/mol. The van der Waals surface area contributed by atoms with Crippen LogP contribution in [0.3, 0.4) is 0 Å². The molecule has 0 aliphatic carbocycles. The highest BCUT2D eigenvalue weighted by Gasteiger charge is 2.44. The number of aromatic nitrogens is 1. The first-order valence-electron chi connectivity index (χ1n) is 9.55. The van der Waals surface area contributed by atoms with Crippen LogP contribution in [-0.2, 0) is 16.7 Å². The Morgan fingerprint density at radius 1 is 1.39 bits per heavy atom. The first kappa shape index (κ1) is 20.7. The van der Waals surface area contributed by atoms with Gasteiger partial charge in [-0.2, -0.15) is 4.39 Å². The zero-order chi connectivity index (χ0) is 20.4. The Labute approximate surface area is 169 Å². The lowest BCUT2D eigenvalue weighted by Gasteiger charge is -2.38. The molecule has 28 heavy (non-hydrogen) atoms. The Balaban J connectivity index is 1.75. The van der Waals surface area contributed by atoms with Crippen LogP contribution in [0.15, 0.2) is 30.5 Å². The fourth-order valence-electron chi connectivity index (χ4n) is 3.92. The number of aryl methyl sites for hydroxylation is 2. The lowest BCUT2D eigenvalue weighted by molar-refractivity contribution is 0.0690. The van der Waals surface area contributed by atoms with E-state index in [2.05, 4.69) is 29.8 Å². The van der Waals surface area contributed by atoms with E-state index in [-0.39, 0.29) is 22.7 Å². The summed E-state index contributed by atoms with van der Waals surface area (Å²) in [7, 11) is 0. The summed E-state index contributed by atoms with van der Waals surface area (Å²) in [6.07, 6.45) is 3.67. The van der Waals surface area contributed by atoms with Crippen molar-refractivity contribution >= 4 is 17.4 Å². The van der Waals surface area contributed by atoms with Crippen molar-refractivity contribution in [3.8, 4) is 0 Å². The highest BCUT2D eigenvalue weighted by atomic mass is 32.1. The van der Waals surface area contributed by atoms with Gasteiger partial charge >= 0.3 is 6.09 Å². The molecule has 0 bridgehead atoms. The van der Waals surface area contributed by atoms with Crippen molar-refractivity contribution in [2.24, 2.45) is 11.1 Å². The summed E-state index contributed by atoms with van der Waals surface area (Å²) in [5.41, 5.74) is 7.01. The molecule has 5 nitrogen and oxygen atoms in total. The topological polar surface area (TPSA) is 68.5 Å². The summed E-state index contributed by atoms with van der Waals surface area (Å²) in [5, 5.41) is -0.168. The number of nitrogens with two attached hydrogens (primary N) is 1. The molecule has 1 aliphatic heterocycles. The number of primary amides is 1. The van der Waals surface area contributed by atoms with E-state index in [4.69, 9.17) is 10.5 Å². The molecule has 1 saturated heterocycles. The normalized spacial score (nSPS) is 20.4. The quantitative estimate of drug-likeness (QED) is 0.748. The van der Waals surface area contributed by atoms with Gasteiger partial charge in [-0.05, 0) is 70.3 Å². The first-order chi connectivity index (χ1) is 13.2. The SMILES string of the molecule is Cc1ccc(C(C)(C)N2CCC(CCc3ccc(F)s3)(COC(N)=O)C2)cn1. The molecule has 7 heteroatoms. The van der Waals surface area contributed by atoms with Crippen LogP contribution in [0.4, 0.5) is 9.18 Å². The molecule has 1 aliphatic rings. The number of pyridine rings is 1. The van der Waals surface area contributed by atoms with E-state index in [1.54, 1.807) is 0 Å². The van der Waals surface area contributed by atoms with Crippen LogP contribution in [0.5, 0.6) is 0 Å². The molecule has 152 valence electrons. The maximum absolute atomic E-state index is 13.3. The van der Waals surface area contributed by atoms with E-state index in [9.17, 15) is 9.18 Å². The van der Waals surface area contributed by atoms with Gasteiger partial charge in [0.25, 0.3) is 0 Å². The number of ether oxygens (including phenoxy) is 1. The van der Waals surface area contributed by atoms with Crippen molar-refractivity contribution in [3.05, 3.63) is 51.7 Å². The Morgan fingerprint density at radius 2 is 2.18 bits per heavy atom. The highest BCUT2D eigenvalue weighted by Crippen LogP contribution is 2.42. The minimum atomic E-state index is -0.748. The number of thiophene rings is 1. The van der Waals surface area contributed by atoms with E-state index in [0.29, 0.717) is 0 Å². The van der Waals surface area contributed by atoms with Crippen molar-refractivity contribution < 1.29 is 13.9 Å². The molecule has 1 unspecified atom stereocenters. The fraction of sp³-hybridized carbons (Fsp3) is 0.524. The molecule has 1 fully saturated rings. The molecule has 2 aromatic rings. The van der Waals surface area contributed by atoms with Gasteiger partial charge in [-0.3, -0.25) is 9.88 Å². The number of hydrogen-bond acceptors (Lipinski definition) is 5. The number of carbonyl (C=O) groups excluding carboxylic acids is 1. The lowest BCUT2D eigenvalue weighted by Crippen LogP contribution is -2.42. The maximum Gasteiger partial charge on any atom is 0.404 e. The van der Waals surface area contributed by atoms with E-state index in [1.807, 2.05) is 25.3 Å². The Kier molecular flexibility index (Phi) is 6.05. The molecule has 1 amide bonds. The molecule has 0 radical (unpaired) electrons. The summed E-state index contributed by atoms with van der Waals surface area (Å²) < 4.78 is 18.6. The van der Waals surface area contributed by atoms with Crippen molar-refractivity contribution in [1.82, 2.24) is 9.88 Å². The van der Waals surface area contributed by atoms with E-state index >= 15 is 0 Å². The highest BCUT2D eigenvalue weighted by molar-refractivity contribution is 7.10. The largest absolute Gasteiger partial charge is 0.449 e. The van der Waals surface area contributed by atoms with E-state index in [0.717, 1.165) is 48.5 Å². The van der Waals surface area contributed by atoms with Gasteiger partial charge in [-0.1, -0.05) is 6.07 Å². The third-order valence-electron chi connectivity index (χ3n) is 5.90. The number of likely N-dealkylation sites (tertiary alicyclic amines) is 1. The molecule has 0 aromatic carbocycles. The summed E-state index contributed by atoms with van der Waals surface area (Å²) in [4.78, 5) is 19.1. The van der Waals surface area contributed by atoms with E-state index in [1.165, 1.54) is 17.4 Å². The van der Waals surface area contributed by atoms with Crippen molar-refractivity contribution in [1.29, 1.82) is 0 Å². The van der Waals surface area contributed by atoms with Crippen molar-refractivity contribution in [3.63, 3.8) is 0 Å². The molecule has 3 rings (SSSR count). The average Bonchev–Trinajstić information content (AvgIpc) is 3.26. The number of nitrogens with zero attached hydrogens (tertiary/aromatic N) is 2. The third-order valence-corrected chi connectivity index (χ3v) is 6.83.